The highest BCUT2D eigenvalue weighted by Gasteiger charge is 2.16. The summed E-state index contributed by atoms with van der Waals surface area (Å²) in [4.78, 5) is 0. The fraction of sp³-hybridized carbons (Fsp3) is 0.538. The van der Waals surface area contributed by atoms with Gasteiger partial charge in [0.2, 0.25) is 0 Å². The summed E-state index contributed by atoms with van der Waals surface area (Å²) < 4.78 is 47.2. The van der Waals surface area contributed by atoms with Crippen molar-refractivity contribution >= 4 is 11.4 Å². The molecular weight excluding hydrogens is 273 g/mol. The van der Waals surface area contributed by atoms with Crippen molar-refractivity contribution in [2.75, 3.05) is 24.2 Å². The van der Waals surface area contributed by atoms with Gasteiger partial charge in [0.25, 0.3) is 0 Å². The first-order chi connectivity index (χ1) is 9.56. The number of hydrogen-bond acceptors (Lipinski definition) is 4. The van der Waals surface area contributed by atoms with Crippen LogP contribution in [-0.4, -0.2) is 25.9 Å². The van der Waals surface area contributed by atoms with Gasteiger partial charge in [0.1, 0.15) is 0 Å². The third-order valence-corrected chi connectivity index (χ3v) is 3.13. The highest BCUT2D eigenvalue weighted by Crippen LogP contribution is 2.29. The quantitative estimate of drug-likeness (QED) is 0.791. The minimum atomic E-state index is -3.08. The maximum absolute atomic E-state index is 13.4. The van der Waals surface area contributed by atoms with Crippen LogP contribution in [0.5, 0.6) is 5.75 Å². The second kappa shape index (κ2) is 6.69. The van der Waals surface area contributed by atoms with Gasteiger partial charge in [-0.1, -0.05) is 0 Å². The van der Waals surface area contributed by atoms with Crippen LogP contribution < -0.4 is 15.8 Å². The van der Waals surface area contributed by atoms with Gasteiger partial charge in [0, 0.05) is 25.3 Å². The summed E-state index contributed by atoms with van der Waals surface area (Å²) in [6.07, 6.45) is 3.05. The van der Waals surface area contributed by atoms with Crippen LogP contribution in [-0.2, 0) is 4.74 Å². The molecule has 20 heavy (non-hydrogen) atoms. The Bertz CT molecular complexity index is 451. The molecule has 2 rings (SSSR count). The number of nitrogen functional groups attached to an aromatic ring is 1. The van der Waals surface area contributed by atoms with Gasteiger partial charge in [0.05, 0.1) is 17.5 Å². The number of nitrogens with two attached hydrogens (primary N) is 1. The van der Waals surface area contributed by atoms with Gasteiger partial charge in [-0.05, 0) is 19.3 Å². The predicted octanol–water partition coefficient (Wildman–Crippen LogP) is 2.99. The molecule has 1 heterocycles. The van der Waals surface area contributed by atoms with Crippen molar-refractivity contribution in [3.8, 4) is 5.75 Å². The second-order valence-corrected chi connectivity index (χ2v) is 4.60. The highest BCUT2D eigenvalue weighted by molar-refractivity contribution is 5.68. The van der Waals surface area contributed by atoms with E-state index in [1.165, 1.54) is 0 Å². The van der Waals surface area contributed by atoms with Crippen LogP contribution in [0.1, 0.15) is 19.3 Å². The third kappa shape index (κ3) is 3.93. The number of halogens is 3. The molecule has 1 atom stereocenters. The zero-order valence-corrected chi connectivity index (χ0v) is 10.9. The number of alkyl halides is 2. The molecule has 1 aromatic rings. The van der Waals surface area contributed by atoms with E-state index in [0.717, 1.165) is 38.0 Å². The Hall–Kier alpha value is -1.63. The molecule has 0 saturated carbocycles. The Kier molecular flexibility index (Phi) is 4.94. The first-order valence-corrected chi connectivity index (χ1v) is 6.45. The van der Waals surface area contributed by atoms with Gasteiger partial charge in [-0.3, -0.25) is 0 Å². The van der Waals surface area contributed by atoms with E-state index in [9.17, 15) is 13.2 Å². The van der Waals surface area contributed by atoms with E-state index in [1.807, 2.05) is 0 Å². The van der Waals surface area contributed by atoms with E-state index in [1.54, 1.807) is 0 Å². The van der Waals surface area contributed by atoms with Crippen LogP contribution in [0.2, 0.25) is 0 Å². The first kappa shape index (κ1) is 14.8. The number of anilines is 2. The van der Waals surface area contributed by atoms with Crippen molar-refractivity contribution in [1.82, 2.24) is 0 Å². The largest absolute Gasteiger partial charge is 0.432 e. The van der Waals surface area contributed by atoms with Gasteiger partial charge in [0.15, 0.2) is 11.6 Å². The van der Waals surface area contributed by atoms with Crippen LogP contribution in [0, 0.1) is 5.82 Å². The Labute approximate surface area is 115 Å². The van der Waals surface area contributed by atoms with Gasteiger partial charge < -0.3 is 20.5 Å². The lowest BCUT2D eigenvalue weighted by atomic mass is 10.2. The number of rotatable bonds is 6. The monoisotopic (exact) mass is 290 g/mol. The SMILES string of the molecule is Nc1cc(F)c(OC(F)F)cc1NCCC1CCCO1. The van der Waals surface area contributed by atoms with Gasteiger partial charge >= 0.3 is 6.61 Å². The van der Waals surface area contributed by atoms with E-state index in [2.05, 4.69) is 10.1 Å². The number of nitrogens with one attached hydrogen (secondary N) is 1. The Morgan fingerprint density at radius 3 is 2.90 bits per heavy atom. The minimum Gasteiger partial charge on any atom is -0.432 e. The minimum absolute atomic E-state index is 0.149. The summed E-state index contributed by atoms with van der Waals surface area (Å²) in [6, 6.07) is 2.11. The fourth-order valence-electron chi connectivity index (χ4n) is 2.15. The standard InChI is InChI=1S/C13H17F3N2O2/c14-9-6-10(17)11(7-12(9)20-13(15)16)18-4-3-8-2-1-5-19-8/h6-8,13,18H,1-5,17H2. The Morgan fingerprint density at radius 2 is 2.25 bits per heavy atom. The number of ether oxygens (including phenoxy) is 2. The zero-order valence-electron chi connectivity index (χ0n) is 10.9. The lowest BCUT2D eigenvalue weighted by Gasteiger charge is -2.14. The topological polar surface area (TPSA) is 56.5 Å². The van der Waals surface area contributed by atoms with Crippen molar-refractivity contribution in [1.29, 1.82) is 0 Å². The van der Waals surface area contributed by atoms with E-state index >= 15 is 0 Å². The molecule has 0 bridgehead atoms. The van der Waals surface area contributed by atoms with Crippen molar-refractivity contribution < 1.29 is 22.6 Å². The van der Waals surface area contributed by atoms with E-state index in [4.69, 9.17) is 10.5 Å². The van der Waals surface area contributed by atoms with Crippen molar-refractivity contribution in [3.05, 3.63) is 17.9 Å². The van der Waals surface area contributed by atoms with Gasteiger partial charge in [-0.2, -0.15) is 8.78 Å². The Balaban J connectivity index is 1.95. The molecule has 1 unspecified atom stereocenters. The smallest absolute Gasteiger partial charge is 0.387 e. The van der Waals surface area contributed by atoms with Crippen molar-refractivity contribution in [3.63, 3.8) is 0 Å². The van der Waals surface area contributed by atoms with Crippen LogP contribution in [0.15, 0.2) is 12.1 Å². The average molecular weight is 290 g/mol. The second-order valence-electron chi connectivity index (χ2n) is 4.60. The molecular formula is C13H17F3N2O2. The fourth-order valence-corrected chi connectivity index (χ4v) is 2.15. The summed E-state index contributed by atoms with van der Waals surface area (Å²) in [5.74, 6) is -1.43. The first-order valence-electron chi connectivity index (χ1n) is 6.45. The average Bonchev–Trinajstić information content (AvgIpc) is 2.87. The Morgan fingerprint density at radius 1 is 1.45 bits per heavy atom. The maximum Gasteiger partial charge on any atom is 0.387 e. The molecule has 1 fully saturated rings. The van der Waals surface area contributed by atoms with Crippen LogP contribution >= 0.6 is 0 Å². The van der Waals surface area contributed by atoms with E-state index in [-0.39, 0.29) is 11.8 Å². The lowest BCUT2D eigenvalue weighted by Crippen LogP contribution is -2.13. The van der Waals surface area contributed by atoms with Gasteiger partial charge in [-0.15, -0.1) is 0 Å². The molecule has 3 N–H and O–H groups in total. The molecule has 1 aliphatic heterocycles. The molecule has 1 aliphatic rings. The lowest BCUT2D eigenvalue weighted by molar-refractivity contribution is -0.0521. The number of hydrogen-bond donors (Lipinski definition) is 2. The zero-order chi connectivity index (χ0) is 14.5. The molecule has 4 nitrogen and oxygen atoms in total. The van der Waals surface area contributed by atoms with Crippen LogP contribution in [0.25, 0.3) is 0 Å². The number of benzene rings is 1. The molecule has 0 aromatic heterocycles. The van der Waals surface area contributed by atoms with Crippen molar-refractivity contribution in [2.24, 2.45) is 0 Å². The molecule has 1 aromatic carbocycles. The predicted molar refractivity (Wildman–Crippen MR) is 69.5 cm³/mol. The third-order valence-electron chi connectivity index (χ3n) is 3.13. The summed E-state index contributed by atoms with van der Waals surface area (Å²) in [6.45, 7) is -1.74. The van der Waals surface area contributed by atoms with E-state index in [0.29, 0.717) is 12.2 Å². The van der Waals surface area contributed by atoms with Crippen molar-refractivity contribution in [2.45, 2.75) is 32.0 Å². The van der Waals surface area contributed by atoms with Crippen LogP contribution in [0.3, 0.4) is 0 Å². The molecule has 112 valence electrons. The summed E-state index contributed by atoms with van der Waals surface area (Å²) in [7, 11) is 0. The molecule has 0 radical (unpaired) electrons. The van der Waals surface area contributed by atoms with E-state index < -0.39 is 18.2 Å². The summed E-state index contributed by atoms with van der Waals surface area (Å²) >= 11 is 0. The van der Waals surface area contributed by atoms with Gasteiger partial charge in [-0.25, -0.2) is 4.39 Å². The summed E-state index contributed by atoms with van der Waals surface area (Å²) in [5, 5.41) is 2.98. The normalized spacial score (nSPS) is 18.5. The van der Waals surface area contributed by atoms with Crippen LogP contribution in [0.4, 0.5) is 24.5 Å². The molecule has 0 spiro atoms. The molecule has 7 heteroatoms. The highest BCUT2D eigenvalue weighted by atomic mass is 19.3. The molecule has 0 aliphatic carbocycles. The summed E-state index contributed by atoms with van der Waals surface area (Å²) in [5.41, 5.74) is 6.16. The molecule has 0 amide bonds. The maximum atomic E-state index is 13.4. The molecule has 1 saturated heterocycles.